The van der Waals surface area contributed by atoms with Gasteiger partial charge in [0.25, 0.3) is 0 Å². The van der Waals surface area contributed by atoms with Gasteiger partial charge in [-0.15, -0.1) is 0 Å². The molecule has 0 saturated heterocycles. The van der Waals surface area contributed by atoms with Gasteiger partial charge in [0, 0.05) is 27.3 Å². The summed E-state index contributed by atoms with van der Waals surface area (Å²) in [6.07, 6.45) is 7.43. The first-order valence-electron chi connectivity index (χ1n) is 10.9. The van der Waals surface area contributed by atoms with Crippen molar-refractivity contribution in [2.45, 2.75) is 31.7 Å². The van der Waals surface area contributed by atoms with Crippen LogP contribution in [0.4, 0.5) is 4.39 Å². The van der Waals surface area contributed by atoms with E-state index in [1.807, 2.05) is 56.3 Å². The molecular formula is C28H27FN2O2S. The molecule has 0 aliphatic carbocycles. The highest BCUT2D eigenvalue weighted by Gasteiger charge is 2.17. The van der Waals surface area contributed by atoms with E-state index in [1.54, 1.807) is 36.2 Å². The van der Waals surface area contributed by atoms with Crippen LogP contribution in [0.1, 0.15) is 37.2 Å². The maximum absolute atomic E-state index is 13.6. The summed E-state index contributed by atoms with van der Waals surface area (Å²) in [5.74, 6) is 0.522. The third-order valence-corrected chi connectivity index (χ3v) is 5.96. The number of halogens is 1. The minimum Gasteiger partial charge on any atom is -0.467 e. The summed E-state index contributed by atoms with van der Waals surface area (Å²) in [7, 11) is 0. The average Bonchev–Trinajstić information content (AvgIpc) is 3.32. The van der Waals surface area contributed by atoms with Crippen molar-refractivity contribution in [3.63, 3.8) is 0 Å². The van der Waals surface area contributed by atoms with Crippen LogP contribution in [0.15, 0.2) is 117 Å². The van der Waals surface area contributed by atoms with Gasteiger partial charge in [0.2, 0.25) is 5.91 Å². The molecule has 6 heteroatoms. The van der Waals surface area contributed by atoms with Crippen molar-refractivity contribution in [1.29, 1.82) is 0 Å². The molecule has 0 atom stereocenters. The van der Waals surface area contributed by atoms with Gasteiger partial charge in [-0.3, -0.25) is 4.79 Å². The number of hydrogen-bond donors (Lipinski definition) is 1. The highest BCUT2D eigenvalue weighted by atomic mass is 32.2. The van der Waals surface area contributed by atoms with E-state index < -0.39 is 0 Å². The van der Waals surface area contributed by atoms with Gasteiger partial charge >= 0.3 is 0 Å². The van der Waals surface area contributed by atoms with Gasteiger partial charge in [-0.05, 0) is 50.3 Å². The number of nitrogens with zero attached hydrogens (tertiary/aromatic N) is 1. The summed E-state index contributed by atoms with van der Waals surface area (Å²) in [4.78, 5) is 18.0. The maximum atomic E-state index is 13.6. The molecule has 34 heavy (non-hydrogen) atoms. The first kappa shape index (κ1) is 25.0. The zero-order valence-electron chi connectivity index (χ0n) is 19.3. The number of furan rings is 1. The van der Waals surface area contributed by atoms with Crippen LogP contribution in [0.3, 0.4) is 0 Å². The zero-order valence-corrected chi connectivity index (χ0v) is 20.1. The fourth-order valence-electron chi connectivity index (χ4n) is 3.17. The van der Waals surface area contributed by atoms with E-state index in [0.29, 0.717) is 13.0 Å². The van der Waals surface area contributed by atoms with Gasteiger partial charge in [0.15, 0.2) is 0 Å². The lowest BCUT2D eigenvalue weighted by molar-refractivity contribution is -0.120. The Morgan fingerprint density at radius 3 is 2.71 bits per heavy atom. The number of rotatable bonds is 6. The number of aliphatic imine (C=N–C) groups is 1. The van der Waals surface area contributed by atoms with Crippen molar-refractivity contribution in [2.24, 2.45) is 4.99 Å². The van der Waals surface area contributed by atoms with E-state index in [2.05, 4.69) is 18.0 Å². The highest BCUT2D eigenvalue weighted by molar-refractivity contribution is 8.03. The molecule has 3 aromatic rings. The van der Waals surface area contributed by atoms with Crippen LogP contribution in [0, 0.1) is 5.82 Å². The molecule has 0 spiro atoms. The number of carbonyl (C=O) groups is 1. The lowest BCUT2D eigenvalue weighted by atomic mass is 10.0. The van der Waals surface area contributed by atoms with Gasteiger partial charge in [0.1, 0.15) is 11.6 Å². The molecule has 0 saturated carbocycles. The summed E-state index contributed by atoms with van der Waals surface area (Å²) >= 11 is 1.67. The number of thioether (sulfide) groups is 1. The Hall–Kier alpha value is -3.64. The van der Waals surface area contributed by atoms with Crippen LogP contribution >= 0.6 is 11.8 Å². The summed E-state index contributed by atoms with van der Waals surface area (Å²) < 4.78 is 18.6. The summed E-state index contributed by atoms with van der Waals surface area (Å²) in [5.41, 5.74) is 3.40. The smallest absolute Gasteiger partial charge is 0.224 e. The Bertz CT molecular complexity index is 1230. The highest BCUT2D eigenvalue weighted by Crippen LogP contribution is 2.36. The molecule has 0 radical (unpaired) electrons. The third kappa shape index (κ3) is 6.93. The molecule has 1 aliphatic rings. The molecule has 174 valence electrons. The minimum atomic E-state index is -0.259. The molecule has 1 amide bonds. The van der Waals surface area contributed by atoms with Crippen LogP contribution in [0.25, 0.3) is 0 Å². The first-order chi connectivity index (χ1) is 16.5. The molecule has 0 fully saturated rings. The number of carbonyl (C=O) groups excluding carboxylic acids is 1. The third-order valence-electron chi connectivity index (χ3n) is 4.87. The summed E-state index contributed by atoms with van der Waals surface area (Å²) in [6.45, 7) is 8.21. The topological polar surface area (TPSA) is 54.6 Å². The zero-order chi connectivity index (χ0) is 24.3. The van der Waals surface area contributed by atoms with Crippen molar-refractivity contribution in [3.8, 4) is 0 Å². The van der Waals surface area contributed by atoms with Crippen molar-refractivity contribution in [2.75, 3.05) is 0 Å². The number of nitrogens with one attached hydrogen (secondary N) is 1. The van der Waals surface area contributed by atoms with Gasteiger partial charge in [0.05, 0.1) is 24.2 Å². The molecule has 0 bridgehead atoms. The van der Waals surface area contributed by atoms with Crippen LogP contribution in [-0.4, -0.2) is 11.6 Å². The van der Waals surface area contributed by atoms with Gasteiger partial charge in [-0.25, -0.2) is 9.38 Å². The molecule has 2 aromatic carbocycles. The predicted octanol–water partition coefficient (Wildman–Crippen LogP) is 7.05. The van der Waals surface area contributed by atoms with Crippen molar-refractivity contribution < 1.29 is 13.6 Å². The van der Waals surface area contributed by atoms with E-state index in [1.165, 1.54) is 12.1 Å². The van der Waals surface area contributed by atoms with Gasteiger partial charge < -0.3 is 9.73 Å². The lowest BCUT2D eigenvalue weighted by Crippen LogP contribution is -2.21. The number of allylic oxidation sites excluding steroid dienone is 3. The van der Waals surface area contributed by atoms with Crippen molar-refractivity contribution in [3.05, 3.63) is 125 Å². The normalized spacial score (nSPS) is 12.9. The largest absolute Gasteiger partial charge is 0.467 e. The van der Waals surface area contributed by atoms with Crippen LogP contribution in [-0.2, 0) is 11.3 Å². The Morgan fingerprint density at radius 2 is 2.00 bits per heavy atom. The van der Waals surface area contributed by atoms with E-state index in [4.69, 9.17) is 9.41 Å². The van der Waals surface area contributed by atoms with E-state index in [9.17, 15) is 9.18 Å². The fourth-order valence-corrected chi connectivity index (χ4v) is 4.15. The summed E-state index contributed by atoms with van der Waals surface area (Å²) in [6, 6.07) is 18.2. The second-order valence-corrected chi connectivity index (χ2v) is 8.60. The fraction of sp³-hybridized carbons (Fsp3) is 0.143. The maximum Gasteiger partial charge on any atom is 0.224 e. The van der Waals surface area contributed by atoms with Gasteiger partial charge in [-0.2, -0.15) is 0 Å². The van der Waals surface area contributed by atoms with Crippen LogP contribution < -0.4 is 5.32 Å². The second-order valence-electron chi connectivity index (χ2n) is 7.34. The second kappa shape index (κ2) is 12.6. The molecule has 1 N–H and O–H groups in total. The van der Waals surface area contributed by atoms with Crippen molar-refractivity contribution in [1.82, 2.24) is 5.32 Å². The monoisotopic (exact) mass is 474 g/mol. The molecular weight excluding hydrogens is 447 g/mol. The van der Waals surface area contributed by atoms with Crippen LogP contribution in [0.5, 0.6) is 0 Å². The van der Waals surface area contributed by atoms with Crippen LogP contribution in [0.2, 0.25) is 0 Å². The standard InChI is InChI=1S/C18H14FNS.C10H13NO2/c1-3-16-12(2)21-17-10-5-4-9-15(17)18(20-16)13-7-6-8-14(19)11-13;1-2-3-6-10(12)11-8-9-5-4-7-13-9/h3-11H,1H2,2H3;2-5,7H,6,8H2,1H3,(H,11,12)/b;3-2-. The Balaban J connectivity index is 0.000000215. The predicted molar refractivity (Wildman–Crippen MR) is 137 cm³/mol. The molecule has 1 aliphatic heterocycles. The quantitative estimate of drug-likeness (QED) is 0.390. The van der Waals surface area contributed by atoms with E-state index >= 15 is 0 Å². The first-order valence-corrected chi connectivity index (χ1v) is 11.7. The molecule has 4 rings (SSSR count). The van der Waals surface area contributed by atoms with Crippen molar-refractivity contribution >= 4 is 23.4 Å². The Kier molecular flexibility index (Phi) is 9.23. The SMILES string of the molecule is C/C=C\CC(=O)NCc1ccco1.C=CC1=C(C)Sc2ccccc2C(c2cccc(F)c2)=N1. The molecule has 1 aromatic heterocycles. The van der Waals surface area contributed by atoms with E-state index in [-0.39, 0.29) is 11.7 Å². The Labute approximate surface area is 204 Å². The minimum absolute atomic E-state index is 0.00880. The van der Waals surface area contributed by atoms with Gasteiger partial charge in [-0.1, -0.05) is 60.8 Å². The summed E-state index contributed by atoms with van der Waals surface area (Å²) in [5, 5.41) is 2.74. The number of hydrogen-bond acceptors (Lipinski definition) is 4. The average molecular weight is 475 g/mol. The number of fused-ring (bicyclic) bond motifs is 1. The molecule has 0 unspecified atom stereocenters. The Morgan fingerprint density at radius 1 is 1.18 bits per heavy atom. The molecule has 4 nitrogen and oxygen atoms in total. The molecule has 2 heterocycles. The number of amides is 1. The lowest BCUT2D eigenvalue weighted by Gasteiger charge is -2.09. The van der Waals surface area contributed by atoms with E-state index in [0.717, 1.165) is 38.1 Å². The number of benzene rings is 2.